The summed E-state index contributed by atoms with van der Waals surface area (Å²) in [5.41, 5.74) is 5.54. The average Bonchev–Trinajstić information content (AvgIpc) is 2.73. The molecule has 2 aromatic heterocycles. The van der Waals surface area contributed by atoms with Crippen LogP contribution in [0, 0.1) is 6.92 Å². The Kier molecular flexibility index (Phi) is 3.60. The smallest absolute Gasteiger partial charge is 0.244 e. The third kappa shape index (κ3) is 2.84. The fraction of sp³-hybridized carbons (Fsp3) is 0.200. The van der Waals surface area contributed by atoms with Crippen molar-refractivity contribution in [2.24, 2.45) is 0 Å². The van der Waals surface area contributed by atoms with E-state index in [1.165, 1.54) is 29.7 Å². The monoisotopic (exact) mass is 284 g/mol. The maximum absolute atomic E-state index is 12.0. The maximum atomic E-state index is 12.0. The van der Waals surface area contributed by atoms with Gasteiger partial charge in [-0.3, -0.25) is 0 Å². The van der Waals surface area contributed by atoms with E-state index in [0.29, 0.717) is 5.01 Å². The van der Waals surface area contributed by atoms with Crippen molar-refractivity contribution in [1.29, 1.82) is 0 Å². The molecule has 0 aliphatic heterocycles. The van der Waals surface area contributed by atoms with Crippen molar-refractivity contribution in [1.82, 2.24) is 14.7 Å². The van der Waals surface area contributed by atoms with Crippen LogP contribution in [0.15, 0.2) is 29.4 Å². The molecule has 3 N–H and O–H groups in total. The summed E-state index contributed by atoms with van der Waals surface area (Å²) in [4.78, 5) is 8.85. The summed E-state index contributed by atoms with van der Waals surface area (Å²) in [5, 5.41) is 0.707. The number of nitrogens with one attached hydrogen (secondary N) is 1. The first-order valence-corrected chi connectivity index (χ1v) is 7.40. The predicted molar refractivity (Wildman–Crippen MR) is 69.5 cm³/mol. The lowest BCUT2D eigenvalue weighted by Crippen LogP contribution is -2.24. The Labute approximate surface area is 109 Å². The van der Waals surface area contributed by atoms with Gasteiger partial charge >= 0.3 is 0 Å². The molecule has 0 spiro atoms. The van der Waals surface area contributed by atoms with Crippen LogP contribution in [0.25, 0.3) is 0 Å². The normalized spacial score (nSPS) is 11.6. The zero-order chi connectivity index (χ0) is 13.2. The van der Waals surface area contributed by atoms with Crippen LogP contribution in [0.5, 0.6) is 0 Å². The third-order valence-corrected chi connectivity index (χ3v) is 4.53. The van der Waals surface area contributed by atoms with E-state index >= 15 is 0 Å². The van der Waals surface area contributed by atoms with E-state index in [1.54, 1.807) is 6.20 Å². The summed E-state index contributed by atoms with van der Waals surface area (Å²) >= 11 is 1.44. The SMILES string of the molecule is Cc1cnc(CNS(=O)(=O)c2cccnc2N)s1. The number of nitrogen functional groups attached to an aromatic ring is 1. The van der Waals surface area contributed by atoms with E-state index in [2.05, 4.69) is 14.7 Å². The number of nitrogens with zero attached hydrogens (tertiary/aromatic N) is 2. The molecule has 0 saturated carbocycles. The van der Waals surface area contributed by atoms with E-state index < -0.39 is 10.0 Å². The summed E-state index contributed by atoms with van der Waals surface area (Å²) in [6.45, 7) is 2.06. The molecule has 18 heavy (non-hydrogen) atoms. The Balaban J connectivity index is 2.16. The number of aryl methyl sites for hydroxylation is 1. The van der Waals surface area contributed by atoms with Crippen LogP contribution in [0.3, 0.4) is 0 Å². The number of sulfonamides is 1. The van der Waals surface area contributed by atoms with Gasteiger partial charge in [-0.15, -0.1) is 11.3 Å². The van der Waals surface area contributed by atoms with E-state index in [0.717, 1.165) is 4.88 Å². The molecule has 96 valence electrons. The van der Waals surface area contributed by atoms with Gasteiger partial charge in [0.2, 0.25) is 10.0 Å². The molecule has 0 aromatic carbocycles. The zero-order valence-electron chi connectivity index (χ0n) is 9.62. The molecular formula is C10H12N4O2S2. The molecule has 0 amide bonds. The third-order valence-electron chi connectivity index (χ3n) is 2.17. The Morgan fingerprint density at radius 3 is 2.83 bits per heavy atom. The van der Waals surface area contributed by atoms with Crippen molar-refractivity contribution in [3.63, 3.8) is 0 Å². The Hall–Kier alpha value is -1.51. The summed E-state index contributed by atoms with van der Waals surface area (Å²) in [6.07, 6.45) is 3.14. The van der Waals surface area contributed by atoms with Crippen LogP contribution in [-0.4, -0.2) is 18.4 Å². The van der Waals surface area contributed by atoms with Gasteiger partial charge in [0, 0.05) is 17.3 Å². The van der Waals surface area contributed by atoms with E-state index in [-0.39, 0.29) is 17.3 Å². The second-order valence-electron chi connectivity index (χ2n) is 3.58. The Morgan fingerprint density at radius 1 is 1.44 bits per heavy atom. The van der Waals surface area contributed by atoms with Gasteiger partial charge in [0.25, 0.3) is 0 Å². The number of pyridine rings is 1. The number of anilines is 1. The van der Waals surface area contributed by atoms with Crippen molar-refractivity contribution in [2.75, 3.05) is 5.73 Å². The summed E-state index contributed by atoms with van der Waals surface area (Å²) in [6, 6.07) is 2.94. The summed E-state index contributed by atoms with van der Waals surface area (Å²) in [7, 11) is -3.65. The molecule has 8 heteroatoms. The number of hydrogen-bond donors (Lipinski definition) is 2. The number of thiazole rings is 1. The molecule has 0 radical (unpaired) electrons. The highest BCUT2D eigenvalue weighted by Gasteiger charge is 2.17. The second kappa shape index (κ2) is 5.01. The van der Waals surface area contributed by atoms with Gasteiger partial charge in [0.1, 0.15) is 15.7 Å². The van der Waals surface area contributed by atoms with Crippen molar-refractivity contribution in [3.8, 4) is 0 Å². The van der Waals surface area contributed by atoms with Gasteiger partial charge in [0.05, 0.1) is 6.54 Å². The van der Waals surface area contributed by atoms with Crippen LogP contribution in [-0.2, 0) is 16.6 Å². The minimum absolute atomic E-state index is 0.0136. The number of rotatable bonds is 4. The van der Waals surface area contributed by atoms with Gasteiger partial charge in [0.15, 0.2) is 0 Å². The fourth-order valence-electron chi connectivity index (χ4n) is 1.35. The Bertz CT molecular complexity index is 651. The number of aromatic nitrogens is 2. The molecule has 0 fully saturated rings. The maximum Gasteiger partial charge on any atom is 0.244 e. The lowest BCUT2D eigenvalue weighted by molar-refractivity contribution is 0.581. The molecule has 0 atom stereocenters. The number of nitrogens with two attached hydrogens (primary N) is 1. The highest BCUT2D eigenvalue weighted by atomic mass is 32.2. The van der Waals surface area contributed by atoms with E-state index in [4.69, 9.17) is 5.73 Å². The van der Waals surface area contributed by atoms with E-state index in [1.807, 2.05) is 6.92 Å². The second-order valence-corrected chi connectivity index (χ2v) is 6.63. The van der Waals surface area contributed by atoms with Gasteiger partial charge in [-0.25, -0.2) is 23.1 Å². The first kappa shape index (κ1) is 12.9. The molecule has 6 nitrogen and oxygen atoms in total. The van der Waals surface area contributed by atoms with E-state index in [9.17, 15) is 8.42 Å². The zero-order valence-corrected chi connectivity index (χ0v) is 11.3. The Morgan fingerprint density at radius 2 is 2.22 bits per heavy atom. The topological polar surface area (TPSA) is 98.0 Å². The lowest BCUT2D eigenvalue weighted by atomic mass is 10.5. The first-order chi connectivity index (χ1) is 8.49. The first-order valence-electron chi connectivity index (χ1n) is 5.10. The van der Waals surface area contributed by atoms with Crippen LogP contribution < -0.4 is 10.5 Å². The van der Waals surface area contributed by atoms with Crippen LogP contribution in [0.2, 0.25) is 0 Å². The van der Waals surface area contributed by atoms with Gasteiger partial charge in [-0.2, -0.15) is 0 Å². The fourth-order valence-corrected chi connectivity index (χ4v) is 3.23. The van der Waals surface area contributed by atoms with Crippen LogP contribution in [0.4, 0.5) is 5.82 Å². The van der Waals surface area contributed by atoms with Gasteiger partial charge in [-0.1, -0.05) is 0 Å². The molecule has 0 aliphatic carbocycles. The molecule has 0 unspecified atom stereocenters. The van der Waals surface area contributed by atoms with Crippen molar-refractivity contribution in [2.45, 2.75) is 18.4 Å². The summed E-state index contributed by atoms with van der Waals surface area (Å²) in [5.74, 6) is -0.0136. The standard InChI is InChI=1S/C10H12N4O2S2/c1-7-5-13-9(17-7)6-14-18(15,16)8-3-2-4-12-10(8)11/h2-5,14H,6H2,1H3,(H2,11,12). The van der Waals surface area contributed by atoms with Gasteiger partial charge < -0.3 is 5.73 Å². The molecular weight excluding hydrogens is 272 g/mol. The summed E-state index contributed by atoms with van der Waals surface area (Å²) < 4.78 is 26.4. The largest absolute Gasteiger partial charge is 0.383 e. The van der Waals surface area contributed by atoms with Crippen LogP contribution >= 0.6 is 11.3 Å². The molecule has 0 saturated heterocycles. The van der Waals surface area contributed by atoms with Crippen molar-refractivity contribution in [3.05, 3.63) is 34.4 Å². The predicted octanol–water partition coefficient (Wildman–Crippen LogP) is 0.907. The number of hydrogen-bond acceptors (Lipinski definition) is 6. The molecule has 0 aliphatic rings. The molecule has 2 rings (SSSR count). The highest BCUT2D eigenvalue weighted by Crippen LogP contribution is 2.16. The van der Waals surface area contributed by atoms with Crippen molar-refractivity contribution >= 4 is 27.2 Å². The van der Waals surface area contributed by atoms with Crippen molar-refractivity contribution < 1.29 is 8.42 Å². The minimum atomic E-state index is -3.65. The quantitative estimate of drug-likeness (QED) is 0.869. The molecule has 2 heterocycles. The molecule has 0 bridgehead atoms. The van der Waals surface area contributed by atoms with Gasteiger partial charge in [-0.05, 0) is 19.1 Å². The molecule has 2 aromatic rings. The lowest BCUT2D eigenvalue weighted by Gasteiger charge is -2.06. The highest BCUT2D eigenvalue weighted by molar-refractivity contribution is 7.89. The minimum Gasteiger partial charge on any atom is -0.383 e. The average molecular weight is 284 g/mol. The van der Waals surface area contributed by atoms with Crippen LogP contribution in [0.1, 0.15) is 9.88 Å².